The molecule has 156 valence electrons. The molecule has 0 bridgehead atoms. The molecule has 2 nitrogen and oxygen atoms in total. The van der Waals surface area contributed by atoms with Crippen molar-refractivity contribution in [1.82, 2.24) is 4.90 Å². The first-order chi connectivity index (χ1) is 14.7. The average molecular weight is 420 g/mol. The molecule has 30 heavy (non-hydrogen) atoms. The molecular formula is C27H30ClNO. The molecule has 3 rings (SSSR count). The van der Waals surface area contributed by atoms with Crippen molar-refractivity contribution in [1.29, 1.82) is 0 Å². The van der Waals surface area contributed by atoms with E-state index in [2.05, 4.69) is 43.0 Å². The van der Waals surface area contributed by atoms with Crippen LogP contribution in [0.25, 0.3) is 10.6 Å². The summed E-state index contributed by atoms with van der Waals surface area (Å²) in [5, 5.41) is 0.745. The van der Waals surface area contributed by atoms with Crippen molar-refractivity contribution in [2.75, 3.05) is 26.2 Å². The quantitative estimate of drug-likeness (QED) is 0.260. The lowest BCUT2D eigenvalue weighted by molar-refractivity contribution is 0.249. The Labute approximate surface area is 185 Å². The molecule has 0 saturated heterocycles. The van der Waals surface area contributed by atoms with Crippen LogP contribution in [0.15, 0.2) is 84.9 Å². The van der Waals surface area contributed by atoms with E-state index < -0.39 is 0 Å². The second kappa shape index (κ2) is 11.6. The number of benzene rings is 3. The van der Waals surface area contributed by atoms with Crippen molar-refractivity contribution in [3.05, 3.63) is 102 Å². The molecule has 0 N–H and O–H groups in total. The van der Waals surface area contributed by atoms with Gasteiger partial charge >= 0.3 is 0 Å². The Bertz CT molecular complexity index is 916. The van der Waals surface area contributed by atoms with Crippen molar-refractivity contribution in [3.8, 4) is 5.75 Å². The Balaban J connectivity index is 1.79. The third-order valence-electron chi connectivity index (χ3n) is 5.23. The summed E-state index contributed by atoms with van der Waals surface area (Å²) in [6, 6.07) is 28.6. The molecule has 0 saturated carbocycles. The van der Waals surface area contributed by atoms with Crippen LogP contribution in [0.3, 0.4) is 0 Å². The SMILES string of the molecule is CCN(CC)CCCOc1ccc(C(=C(Cl)c2ccccc2)c2ccccc2)cc1. The Morgan fingerprint density at radius 2 is 1.27 bits per heavy atom. The minimum absolute atomic E-state index is 0.724. The number of ether oxygens (including phenoxy) is 1. The van der Waals surface area contributed by atoms with Gasteiger partial charge in [0, 0.05) is 12.1 Å². The van der Waals surface area contributed by atoms with Gasteiger partial charge in [-0.15, -0.1) is 0 Å². The number of halogens is 1. The molecule has 0 radical (unpaired) electrons. The first kappa shape index (κ1) is 22.1. The fourth-order valence-electron chi connectivity index (χ4n) is 3.49. The monoisotopic (exact) mass is 419 g/mol. The van der Waals surface area contributed by atoms with E-state index in [0.717, 1.165) is 65.7 Å². The van der Waals surface area contributed by atoms with Gasteiger partial charge in [0.25, 0.3) is 0 Å². The molecule has 0 aromatic heterocycles. The van der Waals surface area contributed by atoms with E-state index in [1.807, 2.05) is 60.7 Å². The number of nitrogens with zero attached hydrogens (tertiary/aromatic N) is 1. The lowest BCUT2D eigenvalue weighted by atomic mass is 9.95. The Morgan fingerprint density at radius 3 is 1.83 bits per heavy atom. The summed E-state index contributed by atoms with van der Waals surface area (Å²) in [6.45, 7) is 8.35. The van der Waals surface area contributed by atoms with Gasteiger partial charge < -0.3 is 9.64 Å². The Kier molecular flexibility index (Phi) is 8.55. The predicted octanol–water partition coefficient (Wildman–Crippen LogP) is 6.95. The summed E-state index contributed by atoms with van der Waals surface area (Å²) in [5.41, 5.74) is 4.20. The van der Waals surface area contributed by atoms with E-state index in [-0.39, 0.29) is 0 Å². The van der Waals surface area contributed by atoms with Crippen LogP contribution in [0.2, 0.25) is 0 Å². The highest BCUT2D eigenvalue weighted by atomic mass is 35.5. The van der Waals surface area contributed by atoms with Crippen LogP contribution in [0.4, 0.5) is 0 Å². The van der Waals surface area contributed by atoms with Crippen LogP contribution in [-0.2, 0) is 0 Å². The van der Waals surface area contributed by atoms with Crippen LogP contribution < -0.4 is 4.74 Å². The van der Waals surface area contributed by atoms with Gasteiger partial charge in [0.05, 0.1) is 11.6 Å². The summed E-state index contributed by atoms with van der Waals surface area (Å²) in [5.74, 6) is 0.890. The fraction of sp³-hybridized carbons (Fsp3) is 0.259. The van der Waals surface area contributed by atoms with Crippen molar-refractivity contribution in [2.24, 2.45) is 0 Å². The van der Waals surface area contributed by atoms with E-state index in [9.17, 15) is 0 Å². The van der Waals surface area contributed by atoms with Gasteiger partial charge in [0.2, 0.25) is 0 Å². The van der Waals surface area contributed by atoms with Gasteiger partial charge in [0.15, 0.2) is 0 Å². The molecule has 0 aliphatic heterocycles. The predicted molar refractivity (Wildman–Crippen MR) is 129 cm³/mol. The van der Waals surface area contributed by atoms with Gasteiger partial charge in [-0.3, -0.25) is 0 Å². The van der Waals surface area contributed by atoms with Gasteiger partial charge in [-0.1, -0.05) is 98.2 Å². The first-order valence-electron chi connectivity index (χ1n) is 10.7. The normalized spacial score (nSPS) is 12.0. The van der Waals surface area contributed by atoms with E-state index in [0.29, 0.717) is 0 Å². The van der Waals surface area contributed by atoms with Crippen LogP contribution in [0.1, 0.15) is 37.0 Å². The number of hydrogen-bond donors (Lipinski definition) is 0. The maximum absolute atomic E-state index is 6.88. The molecule has 0 spiro atoms. The van der Waals surface area contributed by atoms with Crippen molar-refractivity contribution < 1.29 is 4.74 Å². The van der Waals surface area contributed by atoms with Gasteiger partial charge in [0.1, 0.15) is 5.75 Å². The summed E-state index contributed by atoms with van der Waals surface area (Å²) < 4.78 is 5.96. The molecule has 0 aliphatic carbocycles. The van der Waals surface area contributed by atoms with E-state index in [4.69, 9.17) is 16.3 Å². The molecule has 0 fully saturated rings. The molecule has 0 amide bonds. The van der Waals surface area contributed by atoms with E-state index in [1.165, 1.54) is 0 Å². The molecule has 0 heterocycles. The minimum atomic E-state index is 0.724. The third kappa shape index (κ3) is 5.98. The second-order valence-corrected chi connectivity index (χ2v) is 7.55. The molecule has 3 aromatic rings. The van der Waals surface area contributed by atoms with Gasteiger partial charge in [-0.25, -0.2) is 0 Å². The minimum Gasteiger partial charge on any atom is -0.494 e. The zero-order valence-electron chi connectivity index (χ0n) is 17.9. The average Bonchev–Trinajstić information content (AvgIpc) is 2.81. The summed E-state index contributed by atoms with van der Waals surface area (Å²) in [6.07, 6.45) is 1.03. The summed E-state index contributed by atoms with van der Waals surface area (Å²) >= 11 is 6.88. The summed E-state index contributed by atoms with van der Waals surface area (Å²) in [4.78, 5) is 2.41. The molecular weight excluding hydrogens is 390 g/mol. The van der Waals surface area contributed by atoms with Crippen LogP contribution in [0.5, 0.6) is 5.75 Å². The molecule has 3 aromatic carbocycles. The maximum Gasteiger partial charge on any atom is 0.119 e. The lowest BCUT2D eigenvalue weighted by Gasteiger charge is -2.18. The third-order valence-corrected chi connectivity index (χ3v) is 5.64. The fourth-order valence-corrected chi connectivity index (χ4v) is 3.83. The molecule has 0 atom stereocenters. The molecule has 0 unspecified atom stereocenters. The zero-order chi connectivity index (χ0) is 21.2. The highest BCUT2D eigenvalue weighted by Gasteiger charge is 2.12. The van der Waals surface area contributed by atoms with E-state index in [1.54, 1.807) is 0 Å². The number of hydrogen-bond acceptors (Lipinski definition) is 2. The van der Waals surface area contributed by atoms with E-state index >= 15 is 0 Å². The van der Waals surface area contributed by atoms with Crippen LogP contribution in [0, 0.1) is 0 Å². The summed E-state index contributed by atoms with van der Waals surface area (Å²) in [7, 11) is 0. The standard InChI is InChI=1S/C27H30ClNO/c1-3-29(4-2)20-11-21-30-25-18-16-23(17-19-25)26(22-12-7-5-8-13-22)27(28)24-14-9-6-10-15-24/h5-10,12-19H,3-4,11,20-21H2,1-2H3. The lowest BCUT2D eigenvalue weighted by Crippen LogP contribution is -2.25. The highest BCUT2D eigenvalue weighted by Crippen LogP contribution is 2.35. The first-order valence-corrected chi connectivity index (χ1v) is 11.1. The largest absolute Gasteiger partial charge is 0.494 e. The van der Waals surface area contributed by atoms with Crippen molar-refractivity contribution in [2.45, 2.75) is 20.3 Å². The molecule has 0 aliphatic rings. The van der Waals surface area contributed by atoms with Crippen molar-refractivity contribution in [3.63, 3.8) is 0 Å². The van der Waals surface area contributed by atoms with Crippen LogP contribution >= 0.6 is 11.6 Å². The second-order valence-electron chi connectivity index (χ2n) is 7.17. The Hall–Kier alpha value is -2.55. The van der Waals surface area contributed by atoms with Crippen molar-refractivity contribution >= 4 is 22.2 Å². The van der Waals surface area contributed by atoms with Gasteiger partial charge in [-0.2, -0.15) is 0 Å². The Morgan fingerprint density at radius 1 is 0.733 bits per heavy atom. The van der Waals surface area contributed by atoms with Gasteiger partial charge in [-0.05, 0) is 48.3 Å². The topological polar surface area (TPSA) is 12.5 Å². The molecule has 3 heteroatoms. The maximum atomic E-state index is 6.88. The smallest absolute Gasteiger partial charge is 0.119 e. The van der Waals surface area contributed by atoms with Crippen LogP contribution in [-0.4, -0.2) is 31.1 Å². The zero-order valence-corrected chi connectivity index (χ0v) is 18.6. The highest BCUT2D eigenvalue weighted by molar-refractivity contribution is 6.53. The number of rotatable bonds is 10.